The number of hydrogen-bond donors (Lipinski definition) is 1. The topological polar surface area (TPSA) is 50.7 Å². The van der Waals surface area contributed by atoms with Crippen LogP contribution in [-0.4, -0.2) is 18.7 Å². The molecule has 0 bridgehead atoms. The lowest BCUT2D eigenvalue weighted by atomic mass is 10.1. The fourth-order valence-electron chi connectivity index (χ4n) is 2.32. The maximum atomic E-state index is 11.8. The van der Waals surface area contributed by atoms with E-state index in [1.165, 1.54) is 5.56 Å². The van der Waals surface area contributed by atoms with Crippen molar-refractivity contribution in [2.24, 2.45) is 5.10 Å². The van der Waals surface area contributed by atoms with E-state index in [0.29, 0.717) is 0 Å². The van der Waals surface area contributed by atoms with E-state index < -0.39 is 0 Å². The van der Waals surface area contributed by atoms with E-state index in [1.54, 1.807) is 6.21 Å². The van der Waals surface area contributed by atoms with Crippen molar-refractivity contribution in [3.8, 4) is 5.75 Å². The predicted molar refractivity (Wildman–Crippen MR) is 101 cm³/mol. The maximum absolute atomic E-state index is 11.8. The van der Waals surface area contributed by atoms with Crippen molar-refractivity contribution < 1.29 is 9.53 Å². The number of hydrogen-bond acceptors (Lipinski definition) is 3. The number of nitrogens with zero attached hydrogens (tertiary/aromatic N) is 1. The molecule has 1 amide bonds. The van der Waals surface area contributed by atoms with Crippen LogP contribution in [0.25, 0.3) is 0 Å². The highest BCUT2D eigenvalue weighted by Crippen LogP contribution is 2.24. The lowest BCUT2D eigenvalue weighted by molar-refractivity contribution is -0.123. The van der Waals surface area contributed by atoms with Crippen molar-refractivity contribution in [2.75, 3.05) is 6.61 Å². The quantitative estimate of drug-likeness (QED) is 0.454. The maximum Gasteiger partial charge on any atom is 0.277 e. The lowest BCUT2D eigenvalue weighted by Crippen LogP contribution is -2.25. The number of ether oxygens (including phenoxy) is 1. The first-order valence-electron chi connectivity index (χ1n) is 7.24. The lowest BCUT2D eigenvalue weighted by Gasteiger charge is -2.12. The van der Waals surface area contributed by atoms with Crippen molar-refractivity contribution in [1.82, 2.24) is 5.43 Å². The largest absolute Gasteiger partial charge is 0.483 e. The molecule has 0 spiro atoms. The molecular formula is C18H19IN2O2. The molecule has 0 aliphatic rings. The van der Waals surface area contributed by atoms with E-state index in [1.807, 2.05) is 57.2 Å². The Labute approximate surface area is 150 Å². The van der Waals surface area contributed by atoms with Gasteiger partial charge in [-0.3, -0.25) is 4.79 Å². The van der Waals surface area contributed by atoms with Crippen molar-refractivity contribution in [3.05, 3.63) is 62.2 Å². The number of carbonyl (C=O) groups is 1. The molecule has 23 heavy (non-hydrogen) atoms. The molecule has 5 heteroatoms. The van der Waals surface area contributed by atoms with E-state index in [9.17, 15) is 4.79 Å². The summed E-state index contributed by atoms with van der Waals surface area (Å²) < 4.78 is 6.70. The van der Waals surface area contributed by atoms with Crippen LogP contribution in [0.15, 0.2) is 41.5 Å². The van der Waals surface area contributed by atoms with Crippen LogP contribution >= 0.6 is 22.6 Å². The first-order valence-corrected chi connectivity index (χ1v) is 8.32. The molecular weight excluding hydrogens is 403 g/mol. The molecule has 0 saturated carbocycles. The molecule has 0 aliphatic carbocycles. The van der Waals surface area contributed by atoms with Crippen molar-refractivity contribution in [3.63, 3.8) is 0 Å². The molecule has 0 saturated heterocycles. The zero-order valence-corrected chi connectivity index (χ0v) is 15.5. The van der Waals surface area contributed by atoms with Gasteiger partial charge in [0.1, 0.15) is 5.75 Å². The van der Waals surface area contributed by atoms with Crippen LogP contribution < -0.4 is 10.2 Å². The van der Waals surface area contributed by atoms with Crippen LogP contribution in [0.3, 0.4) is 0 Å². The zero-order valence-electron chi connectivity index (χ0n) is 13.4. The number of benzene rings is 2. The molecule has 0 atom stereocenters. The van der Waals surface area contributed by atoms with Gasteiger partial charge in [-0.1, -0.05) is 35.9 Å². The molecule has 2 aromatic carbocycles. The second-order valence-electron chi connectivity index (χ2n) is 5.33. The molecule has 1 N–H and O–H groups in total. The highest BCUT2D eigenvalue weighted by Gasteiger charge is 2.07. The molecule has 2 rings (SSSR count). The molecule has 0 unspecified atom stereocenters. The van der Waals surface area contributed by atoms with E-state index in [2.05, 4.69) is 33.1 Å². The number of hydrazone groups is 1. The van der Waals surface area contributed by atoms with Gasteiger partial charge in [0.25, 0.3) is 5.91 Å². The Kier molecular flexibility index (Phi) is 6.15. The molecule has 0 heterocycles. The second-order valence-corrected chi connectivity index (χ2v) is 6.49. The predicted octanol–water partition coefficient (Wildman–Crippen LogP) is 3.75. The summed E-state index contributed by atoms with van der Waals surface area (Å²) >= 11 is 2.22. The third kappa shape index (κ3) is 5.06. The average molecular weight is 422 g/mol. The van der Waals surface area contributed by atoms with Crippen LogP contribution in [0, 0.1) is 24.3 Å². The first-order chi connectivity index (χ1) is 11.0. The number of halogens is 1. The monoisotopic (exact) mass is 422 g/mol. The van der Waals surface area contributed by atoms with Crippen molar-refractivity contribution in [1.29, 1.82) is 0 Å². The highest BCUT2D eigenvalue weighted by molar-refractivity contribution is 14.1. The van der Waals surface area contributed by atoms with Gasteiger partial charge in [-0.15, -0.1) is 0 Å². The number of nitrogens with one attached hydrogen (secondary N) is 1. The van der Waals surface area contributed by atoms with E-state index in [4.69, 9.17) is 4.74 Å². The fraction of sp³-hybridized carbons (Fsp3) is 0.222. The minimum absolute atomic E-state index is 0.0615. The van der Waals surface area contributed by atoms with Crippen molar-refractivity contribution in [2.45, 2.75) is 20.8 Å². The van der Waals surface area contributed by atoms with Gasteiger partial charge in [-0.25, -0.2) is 5.43 Å². The minimum Gasteiger partial charge on any atom is -0.483 e. The van der Waals surface area contributed by atoms with Crippen LogP contribution in [0.5, 0.6) is 5.75 Å². The number of amides is 1. The minimum atomic E-state index is -0.286. The molecule has 2 aromatic rings. The van der Waals surface area contributed by atoms with E-state index in [-0.39, 0.29) is 12.5 Å². The van der Waals surface area contributed by atoms with Gasteiger partial charge >= 0.3 is 0 Å². The Morgan fingerprint density at radius 1 is 1.22 bits per heavy atom. The molecule has 120 valence electrons. The Bertz CT molecular complexity index is 719. The Morgan fingerprint density at radius 3 is 2.52 bits per heavy atom. The first kappa shape index (κ1) is 17.5. The van der Waals surface area contributed by atoms with Gasteiger partial charge in [-0.2, -0.15) is 5.10 Å². The Balaban J connectivity index is 1.90. The summed E-state index contributed by atoms with van der Waals surface area (Å²) in [5, 5.41) is 3.96. The van der Waals surface area contributed by atoms with Gasteiger partial charge in [-0.05, 0) is 60.6 Å². The summed E-state index contributed by atoms with van der Waals surface area (Å²) in [5.41, 5.74) is 6.67. The zero-order chi connectivity index (χ0) is 16.8. The average Bonchev–Trinajstić information content (AvgIpc) is 2.48. The van der Waals surface area contributed by atoms with Gasteiger partial charge in [0.2, 0.25) is 0 Å². The highest BCUT2D eigenvalue weighted by atomic mass is 127. The normalized spacial score (nSPS) is 10.8. The summed E-state index contributed by atoms with van der Waals surface area (Å²) in [5.74, 6) is 0.471. The Morgan fingerprint density at radius 2 is 1.87 bits per heavy atom. The molecule has 4 nitrogen and oxygen atoms in total. The third-order valence-corrected chi connectivity index (χ3v) is 4.23. The van der Waals surface area contributed by atoms with Crippen molar-refractivity contribution >= 4 is 34.7 Å². The van der Waals surface area contributed by atoms with Gasteiger partial charge in [0.15, 0.2) is 6.61 Å². The Hall–Kier alpha value is -1.89. The van der Waals surface area contributed by atoms with Gasteiger partial charge in [0, 0.05) is 9.13 Å². The summed E-state index contributed by atoms with van der Waals surface area (Å²) in [6, 6.07) is 11.9. The second kappa shape index (κ2) is 8.10. The third-order valence-electron chi connectivity index (χ3n) is 3.25. The number of aryl methyl sites for hydroxylation is 3. The smallest absolute Gasteiger partial charge is 0.277 e. The fourth-order valence-corrected chi connectivity index (χ4v) is 2.84. The van der Waals surface area contributed by atoms with Gasteiger partial charge in [0.05, 0.1) is 6.21 Å². The van der Waals surface area contributed by atoms with Crippen LogP contribution in [0.4, 0.5) is 0 Å². The SMILES string of the molecule is Cc1cc(C)c(OCC(=O)NN=Cc2ccccc2I)c(C)c1. The van der Waals surface area contributed by atoms with E-state index >= 15 is 0 Å². The van der Waals surface area contributed by atoms with Crippen LogP contribution in [-0.2, 0) is 4.79 Å². The standard InChI is InChI=1S/C18H19IN2O2/c1-12-8-13(2)18(14(3)9-12)23-11-17(22)21-20-10-15-6-4-5-7-16(15)19/h4-10H,11H2,1-3H3,(H,21,22). The number of carbonyl (C=O) groups excluding carboxylic acids is 1. The van der Waals surface area contributed by atoms with E-state index in [0.717, 1.165) is 26.0 Å². The molecule has 0 aromatic heterocycles. The molecule has 0 radical (unpaired) electrons. The molecule has 0 fully saturated rings. The van der Waals surface area contributed by atoms with Crippen LogP contribution in [0.2, 0.25) is 0 Å². The summed E-state index contributed by atoms with van der Waals surface area (Å²) in [6.07, 6.45) is 1.63. The number of rotatable bonds is 5. The molecule has 0 aliphatic heterocycles. The van der Waals surface area contributed by atoms with Gasteiger partial charge < -0.3 is 4.74 Å². The summed E-state index contributed by atoms with van der Waals surface area (Å²) in [7, 11) is 0. The van der Waals surface area contributed by atoms with Crippen LogP contribution in [0.1, 0.15) is 22.3 Å². The summed E-state index contributed by atoms with van der Waals surface area (Å²) in [4.78, 5) is 11.8. The summed E-state index contributed by atoms with van der Waals surface area (Å²) in [6.45, 7) is 5.93.